The molecule has 0 bridgehead atoms. The number of benzene rings is 2. The number of amides is 1. The highest BCUT2D eigenvalue weighted by Crippen LogP contribution is 2.48. The molecule has 2 aromatic rings. The fraction of sp³-hybridized carbons (Fsp3) is 0.409. The van der Waals surface area contributed by atoms with Crippen molar-refractivity contribution >= 4 is 29.7 Å². The minimum atomic E-state index is -0.257. The van der Waals surface area contributed by atoms with Crippen molar-refractivity contribution in [2.45, 2.75) is 31.7 Å². The van der Waals surface area contributed by atoms with Crippen LogP contribution in [-0.4, -0.2) is 43.0 Å². The van der Waals surface area contributed by atoms with E-state index in [1.54, 1.807) is 18.2 Å². The molecule has 2 atom stereocenters. The number of rotatable bonds is 5. The van der Waals surface area contributed by atoms with Gasteiger partial charge in [-0.1, -0.05) is 0 Å². The molecular formula is C22H26ClF2N3O. The topological polar surface area (TPSA) is 35.6 Å². The Bertz CT molecular complexity index is 862. The third kappa shape index (κ3) is 4.54. The molecule has 4 nitrogen and oxygen atoms in total. The highest BCUT2D eigenvalue weighted by molar-refractivity contribution is 5.85. The minimum Gasteiger partial charge on any atom is -0.356 e. The number of anilines is 2. The summed E-state index contributed by atoms with van der Waals surface area (Å²) < 4.78 is 27.4. The fourth-order valence-electron chi connectivity index (χ4n) is 4.54. The van der Waals surface area contributed by atoms with Gasteiger partial charge in [0.15, 0.2) is 0 Å². The summed E-state index contributed by atoms with van der Waals surface area (Å²) in [5.74, 6) is -0.270. The Morgan fingerprint density at radius 2 is 1.86 bits per heavy atom. The molecule has 0 aliphatic carbocycles. The van der Waals surface area contributed by atoms with Gasteiger partial charge in [-0.25, -0.2) is 8.78 Å². The predicted molar refractivity (Wildman–Crippen MR) is 113 cm³/mol. The standard InChI is InChI=1S/C22H25F2N3O.ClH/c1-15(28)25-10-2-11-26-12-9-22-20(14-26)19-13-17(24)5-8-21(19)27(22)18-6-3-16(23)4-7-18;/h3-8,13,20,22H,2,9-12,14H2,1H3,(H,25,28);1H/t20?,22-;/m1./s1. The minimum absolute atomic E-state index is 0. The third-order valence-corrected chi connectivity index (χ3v) is 5.77. The quantitative estimate of drug-likeness (QED) is 0.734. The lowest BCUT2D eigenvalue weighted by atomic mass is 9.89. The van der Waals surface area contributed by atoms with Crippen LogP contribution in [0.5, 0.6) is 0 Å². The van der Waals surface area contributed by atoms with Crippen LogP contribution in [-0.2, 0) is 4.79 Å². The average molecular weight is 422 g/mol. The van der Waals surface area contributed by atoms with Crippen molar-refractivity contribution in [2.24, 2.45) is 0 Å². The first-order valence-electron chi connectivity index (χ1n) is 9.84. The predicted octanol–water partition coefficient (Wildman–Crippen LogP) is 4.22. The van der Waals surface area contributed by atoms with Gasteiger partial charge in [0.05, 0.1) is 0 Å². The van der Waals surface area contributed by atoms with Crippen LogP contribution in [0.4, 0.5) is 20.2 Å². The van der Waals surface area contributed by atoms with E-state index >= 15 is 0 Å². The monoisotopic (exact) mass is 421 g/mol. The molecule has 2 heterocycles. The maximum absolute atomic E-state index is 14.0. The molecule has 4 rings (SSSR count). The molecule has 7 heteroatoms. The van der Waals surface area contributed by atoms with E-state index in [-0.39, 0.29) is 41.9 Å². The molecule has 0 radical (unpaired) electrons. The molecule has 156 valence electrons. The van der Waals surface area contributed by atoms with Gasteiger partial charge in [-0.3, -0.25) is 4.79 Å². The van der Waals surface area contributed by atoms with Gasteiger partial charge < -0.3 is 15.1 Å². The molecule has 1 amide bonds. The number of hydrogen-bond acceptors (Lipinski definition) is 3. The number of fused-ring (bicyclic) bond motifs is 3. The summed E-state index contributed by atoms with van der Waals surface area (Å²) in [4.78, 5) is 15.7. The number of nitrogens with zero attached hydrogens (tertiary/aromatic N) is 2. The van der Waals surface area contributed by atoms with E-state index in [0.717, 1.165) is 49.4 Å². The van der Waals surface area contributed by atoms with Gasteiger partial charge in [0.2, 0.25) is 5.91 Å². The Balaban J connectivity index is 0.00000240. The van der Waals surface area contributed by atoms with E-state index in [9.17, 15) is 13.6 Å². The zero-order valence-corrected chi connectivity index (χ0v) is 17.2. The summed E-state index contributed by atoms with van der Waals surface area (Å²) in [5.41, 5.74) is 2.99. The summed E-state index contributed by atoms with van der Waals surface area (Å²) >= 11 is 0. The van der Waals surface area contributed by atoms with E-state index in [4.69, 9.17) is 0 Å². The van der Waals surface area contributed by atoms with Gasteiger partial charge >= 0.3 is 0 Å². The number of hydrogen-bond donors (Lipinski definition) is 1. The number of piperidine rings is 1. The second kappa shape index (κ2) is 9.09. The molecule has 0 saturated carbocycles. The molecule has 2 aliphatic rings. The first-order chi connectivity index (χ1) is 13.5. The van der Waals surface area contributed by atoms with Gasteiger partial charge in [0.25, 0.3) is 0 Å². The summed E-state index contributed by atoms with van der Waals surface area (Å²) in [5, 5.41) is 2.83. The first-order valence-corrected chi connectivity index (χ1v) is 9.84. The van der Waals surface area contributed by atoms with Crippen LogP contribution in [0.15, 0.2) is 42.5 Å². The number of likely N-dealkylation sites (tertiary alicyclic amines) is 1. The summed E-state index contributed by atoms with van der Waals surface area (Å²) in [6.45, 7) is 4.92. The van der Waals surface area contributed by atoms with E-state index in [1.807, 2.05) is 6.07 Å². The maximum Gasteiger partial charge on any atom is 0.216 e. The first kappa shape index (κ1) is 21.5. The summed E-state index contributed by atoms with van der Waals surface area (Å²) in [7, 11) is 0. The zero-order valence-electron chi connectivity index (χ0n) is 16.4. The van der Waals surface area contributed by atoms with Gasteiger partial charge in [0, 0.05) is 49.9 Å². The van der Waals surface area contributed by atoms with E-state index in [2.05, 4.69) is 15.1 Å². The Morgan fingerprint density at radius 3 is 2.59 bits per heavy atom. The van der Waals surface area contributed by atoms with Crippen LogP contribution in [0.25, 0.3) is 0 Å². The number of nitrogens with one attached hydrogen (secondary N) is 1. The number of carbonyl (C=O) groups excluding carboxylic acids is 1. The average Bonchev–Trinajstić information content (AvgIpc) is 2.99. The molecular weight excluding hydrogens is 396 g/mol. The highest BCUT2D eigenvalue weighted by Gasteiger charge is 2.42. The Morgan fingerprint density at radius 1 is 1.14 bits per heavy atom. The van der Waals surface area contributed by atoms with Crippen molar-refractivity contribution in [2.75, 3.05) is 31.1 Å². The van der Waals surface area contributed by atoms with Crippen molar-refractivity contribution in [1.29, 1.82) is 0 Å². The van der Waals surface area contributed by atoms with E-state index < -0.39 is 0 Å². The molecule has 0 spiro atoms. The Hall–Kier alpha value is -2.18. The highest BCUT2D eigenvalue weighted by atomic mass is 35.5. The fourth-order valence-corrected chi connectivity index (χ4v) is 4.54. The van der Waals surface area contributed by atoms with Gasteiger partial charge in [0.1, 0.15) is 11.6 Å². The van der Waals surface area contributed by atoms with E-state index in [0.29, 0.717) is 6.54 Å². The van der Waals surface area contributed by atoms with Crippen molar-refractivity contribution < 1.29 is 13.6 Å². The molecule has 1 saturated heterocycles. The van der Waals surface area contributed by atoms with Crippen LogP contribution < -0.4 is 10.2 Å². The van der Waals surface area contributed by atoms with Gasteiger partial charge in [-0.2, -0.15) is 0 Å². The van der Waals surface area contributed by atoms with Crippen LogP contribution in [0.1, 0.15) is 31.2 Å². The van der Waals surface area contributed by atoms with Gasteiger partial charge in [-0.05, 0) is 67.4 Å². The van der Waals surface area contributed by atoms with E-state index in [1.165, 1.54) is 25.1 Å². The number of halogens is 3. The Kier molecular flexibility index (Phi) is 6.75. The maximum atomic E-state index is 14.0. The molecule has 1 fully saturated rings. The lowest BCUT2D eigenvalue weighted by molar-refractivity contribution is -0.118. The van der Waals surface area contributed by atoms with Gasteiger partial charge in [-0.15, -0.1) is 12.4 Å². The summed E-state index contributed by atoms with van der Waals surface area (Å²) in [6.07, 6.45) is 1.85. The lowest BCUT2D eigenvalue weighted by Gasteiger charge is -2.39. The second-order valence-corrected chi connectivity index (χ2v) is 7.65. The lowest BCUT2D eigenvalue weighted by Crippen LogP contribution is -2.45. The molecule has 29 heavy (non-hydrogen) atoms. The molecule has 1 N–H and O–H groups in total. The van der Waals surface area contributed by atoms with Crippen LogP contribution in [0.2, 0.25) is 0 Å². The summed E-state index contributed by atoms with van der Waals surface area (Å²) in [6, 6.07) is 11.8. The van der Waals surface area contributed by atoms with Crippen molar-refractivity contribution in [1.82, 2.24) is 10.2 Å². The SMILES string of the molecule is CC(=O)NCCCN1CC[C@@H]2C(C1)c1cc(F)ccc1N2c1ccc(F)cc1.Cl. The zero-order chi connectivity index (χ0) is 19.7. The van der Waals surface area contributed by atoms with Crippen molar-refractivity contribution in [3.8, 4) is 0 Å². The Labute approximate surface area is 176 Å². The molecule has 2 aromatic carbocycles. The smallest absolute Gasteiger partial charge is 0.216 e. The normalized spacial score (nSPS) is 20.6. The molecule has 2 aliphatic heterocycles. The molecule has 1 unspecified atom stereocenters. The van der Waals surface area contributed by atoms with Crippen LogP contribution >= 0.6 is 12.4 Å². The van der Waals surface area contributed by atoms with Crippen LogP contribution in [0, 0.1) is 11.6 Å². The third-order valence-electron chi connectivity index (χ3n) is 5.77. The van der Waals surface area contributed by atoms with Crippen LogP contribution in [0.3, 0.4) is 0 Å². The van der Waals surface area contributed by atoms with Crippen molar-refractivity contribution in [3.63, 3.8) is 0 Å². The number of carbonyl (C=O) groups is 1. The molecule has 0 aromatic heterocycles. The van der Waals surface area contributed by atoms with Crippen molar-refractivity contribution in [3.05, 3.63) is 59.7 Å². The second-order valence-electron chi connectivity index (χ2n) is 7.65. The largest absolute Gasteiger partial charge is 0.356 e.